The summed E-state index contributed by atoms with van der Waals surface area (Å²) >= 11 is 0. The number of hydrogen-bond acceptors (Lipinski definition) is 3. The third-order valence-corrected chi connectivity index (χ3v) is 4.18. The summed E-state index contributed by atoms with van der Waals surface area (Å²) in [4.78, 5) is 11.6. The first-order valence-electron chi connectivity index (χ1n) is 9.05. The second-order valence-corrected chi connectivity index (χ2v) is 6.35. The van der Waals surface area contributed by atoms with Crippen LogP contribution in [0.3, 0.4) is 0 Å². The maximum absolute atomic E-state index is 11.6. The summed E-state index contributed by atoms with van der Waals surface area (Å²) in [5.74, 6) is -0.0612. The number of unbranched alkanes of at least 4 members (excludes halogenated alkanes) is 10. The Morgan fingerprint density at radius 1 is 1.00 bits per heavy atom. The van der Waals surface area contributed by atoms with Crippen LogP contribution in [0, 0.1) is 0 Å². The highest BCUT2D eigenvalue weighted by Gasteiger charge is 2.31. The maximum atomic E-state index is 11.6. The number of ether oxygens (including phenoxy) is 2. The molecule has 1 aliphatic heterocycles. The Bertz CT molecular complexity index is 261. The van der Waals surface area contributed by atoms with Crippen LogP contribution in [0.25, 0.3) is 0 Å². The summed E-state index contributed by atoms with van der Waals surface area (Å²) in [5, 5.41) is 0. The van der Waals surface area contributed by atoms with Gasteiger partial charge in [-0.05, 0) is 13.3 Å². The molecule has 0 aliphatic carbocycles. The number of hydrogen-bond donors (Lipinski definition) is 0. The van der Waals surface area contributed by atoms with Crippen LogP contribution in [0.15, 0.2) is 0 Å². The zero-order valence-electron chi connectivity index (χ0n) is 14.1. The van der Waals surface area contributed by atoms with Gasteiger partial charge in [-0.1, -0.05) is 71.1 Å². The van der Waals surface area contributed by atoms with Crippen LogP contribution in [-0.2, 0) is 14.3 Å². The molecule has 2 unspecified atom stereocenters. The monoisotopic (exact) mass is 298 g/mol. The average molecular weight is 298 g/mol. The molecule has 0 N–H and O–H groups in total. The zero-order valence-corrected chi connectivity index (χ0v) is 14.1. The standard InChI is InChI=1S/C18H34O3/c1-3-4-5-6-7-8-9-10-11-12-13-14-18(19)21-16(2)17-15-20-17/h16-17H,3-15H2,1-2H3. The van der Waals surface area contributed by atoms with E-state index in [-0.39, 0.29) is 18.2 Å². The molecule has 0 radical (unpaired) electrons. The summed E-state index contributed by atoms with van der Waals surface area (Å²) in [7, 11) is 0. The lowest BCUT2D eigenvalue weighted by Gasteiger charge is -2.10. The minimum absolute atomic E-state index is 0.0612. The normalized spacial score (nSPS) is 18.5. The van der Waals surface area contributed by atoms with Crippen molar-refractivity contribution in [2.45, 2.75) is 103 Å². The van der Waals surface area contributed by atoms with E-state index in [1.807, 2.05) is 6.92 Å². The molecule has 3 heteroatoms. The summed E-state index contributed by atoms with van der Waals surface area (Å²) in [5.41, 5.74) is 0. The number of rotatable bonds is 14. The molecule has 124 valence electrons. The second kappa shape index (κ2) is 12.0. The number of esters is 1. The van der Waals surface area contributed by atoms with E-state index in [2.05, 4.69) is 6.92 Å². The van der Waals surface area contributed by atoms with Gasteiger partial charge < -0.3 is 9.47 Å². The van der Waals surface area contributed by atoms with Gasteiger partial charge in [-0.15, -0.1) is 0 Å². The van der Waals surface area contributed by atoms with Crippen molar-refractivity contribution in [3.05, 3.63) is 0 Å². The van der Waals surface area contributed by atoms with Gasteiger partial charge >= 0.3 is 5.97 Å². The average Bonchev–Trinajstić information content (AvgIpc) is 3.29. The Morgan fingerprint density at radius 2 is 1.48 bits per heavy atom. The van der Waals surface area contributed by atoms with Gasteiger partial charge in [-0.3, -0.25) is 4.79 Å². The molecule has 2 atom stereocenters. The lowest BCUT2D eigenvalue weighted by atomic mass is 10.1. The zero-order chi connectivity index (χ0) is 15.3. The molecular formula is C18H34O3. The van der Waals surface area contributed by atoms with Crippen molar-refractivity contribution in [1.29, 1.82) is 0 Å². The van der Waals surface area contributed by atoms with E-state index in [0.717, 1.165) is 19.4 Å². The molecule has 1 aliphatic rings. The van der Waals surface area contributed by atoms with Gasteiger partial charge in [0.2, 0.25) is 0 Å². The maximum Gasteiger partial charge on any atom is 0.306 e. The lowest BCUT2D eigenvalue weighted by molar-refractivity contribution is -0.149. The molecule has 1 heterocycles. The van der Waals surface area contributed by atoms with E-state index in [9.17, 15) is 4.79 Å². The van der Waals surface area contributed by atoms with E-state index in [0.29, 0.717) is 6.42 Å². The van der Waals surface area contributed by atoms with Crippen molar-refractivity contribution in [1.82, 2.24) is 0 Å². The van der Waals surface area contributed by atoms with Gasteiger partial charge in [0.15, 0.2) is 0 Å². The van der Waals surface area contributed by atoms with Crippen LogP contribution in [0.1, 0.15) is 90.9 Å². The van der Waals surface area contributed by atoms with E-state index >= 15 is 0 Å². The Labute approximate surface area is 130 Å². The lowest BCUT2D eigenvalue weighted by Crippen LogP contribution is -2.19. The van der Waals surface area contributed by atoms with Crippen LogP contribution >= 0.6 is 0 Å². The molecule has 0 amide bonds. The number of carbonyl (C=O) groups is 1. The molecule has 0 spiro atoms. The van der Waals surface area contributed by atoms with Crippen molar-refractivity contribution in [3.63, 3.8) is 0 Å². The van der Waals surface area contributed by atoms with Crippen molar-refractivity contribution in [2.24, 2.45) is 0 Å². The summed E-state index contributed by atoms with van der Waals surface area (Å²) < 4.78 is 10.4. The minimum Gasteiger partial charge on any atom is -0.460 e. The second-order valence-electron chi connectivity index (χ2n) is 6.35. The summed E-state index contributed by atoms with van der Waals surface area (Å²) in [6, 6.07) is 0. The first kappa shape index (κ1) is 18.5. The van der Waals surface area contributed by atoms with Gasteiger partial charge in [-0.25, -0.2) is 0 Å². The Hall–Kier alpha value is -0.570. The molecule has 0 aromatic carbocycles. The third kappa shape index (κ3) is 10.8. The van der Waals surface area contributed by atoms with Gasteiger partial charge in [-0.2, -0.15) is 0 Å². The van der Waals surface area contributed by atoms with E-state index in [1.165, 1.54) is 57.8 Å². The van der Waals surface area contributed by atoms with Gasteiger partial charge in [0, 0.05) is 6.42 Å². The molecule has 1 saturated heterocycles. The molecule has 0 aromatic rings. The highest BCUT2D eigenvalue weighted by molar-refractivity contribution is 5.69. The van der Waals surface area contributed by atoms with Crippen LogP contribution < -0.4 is 0 Å². The van der Waals surface area contributed by atoms with Crippen LogP contribution in [0.4, 0.5) is 0 Å². The third-order valence-electron chi connectivity index (χ3n) is 4.18. The molecule has 1 fully saturated rings. The Balaban J connectivity index is 1.76. The van der Waals surface area contributed by atoms with Crippen LogP contribution in [0.2, 0.25) is 0 Å². The highest BCUT2D eigenvalue weighted by atomic mass is 16.6. The quantitative estimate of drug-likeness (QED) is 0.257. The molecule has 3 nitrogen and oxygen atoms in total. The van der Waals surface area contributed by atoms with Gasteiger partial charge in [0.25, 0.3) is 0 Å². The van der Waals surface area contributed by atoms with E-state index in [4.69, 9.17) is 9.47 Å². The fraction of sp³-hybridized carbons (Fsp3) is 0.944. The van der Waals surface area contributed by atoms with Crippen molar-refractivity contribution >= 4 is 5.97 Å². The first-order valence-corrected chi connectivity index (χ1v) is 9.05. The Kier molecular flexibility index (Phi) is 10.6. The molecule has 21 heavy (non-hydrogen) atoms. The topological polar surface area (TPSA) is 38.8 Å². The van der Waals surface area contributed by atoms with Crippen molar-refractivity contribution in [3.8, 4) is 0 Å². The van der Waals surface area contributed by atoms with Gasteiger partial charge in [0.1, 0.15) is 12.2 Å². The van der Waals surface area contributed by atoms with Gasteiger partial charge in [0.05, 0.1) is 6.61 Å². The molecule has 0 aromatic heterocycles. The summed E-state index contributed by atoms with van der Waals surface area (Å²) in [6.07, 6.45) is 15.0. The number of carbonyl (C=O) groups excluding carboxylic acids is 1. The largest absolute Gasteiger partial charge is 0.460 e. The fourth-order valence-electron chi connectivity index (χ4n) is 2.60. The molecular weight excluding hydrogens is 264 g/mol. The van der Waals surface area contributed by atoms with E-state index < -0.39 is 0 Å². The first-order chi connectivity index (χ1) is 10.2. The summed E-state index contributed by atoms with van der Waals surface area (Å²) in [6.45, 7) is 4.92. The highest BCUT2D eigenvalue weighted by Crippen LogP contribution is 2.17. The predicted octanol–water partition coefficient (Wildman–Crippen LogP) is 5.02. The minimum atomic E-state index is -0.0646. The van der Waals surface area contributed by atoms with Crippen molar-refractivity contribution in [2.75, 3.05) is 6.61 Å². The smallest absolute Gasteiger partial charge is 0.306 e. The van der Waals surface area contributed by atoms with Crippen LogP contribution in [-0.4, -0.2) is 24.8 Å². The molecule has 1 rings (SSSR count). The van der Waals surface area contributed by atoms with Crippen LogP contribution in [0.5, 0.6) is 0 Å². The Morgan fingerprint density at radius 3 is 1.95 bits per heavy atom. The van der Waals surface area contributed by atoms with E-state index in [1.54, 1.807) is 0 Å². The fourth-order valence-corrected chi connectivity index (χ4v) is 2.60. The SMILES string of the molecule is CCCCCCCCCCCCCC(=O)OC(C)C1CO1. The number of epoxide rings is 1. The predicted molar refractivity (Wildman–Crippen MR) is 86.4 cm³/mol. The molecule has 0 saturated carbocycles. The van der Waals surface area contributed by atoms with Crippen molar-refractivity contribution < 1.29 is 14.3 Å². The molecule has 0 bridgehead atoms.